The molecule has 58 heavy (non-hydrogen) atoms. The molecule has 7 aromatic carbocycles. The quantitative estimate of drug-likeness (QED) is 0.168. The summed E-state index contributed by atoms with van der Waals surface area (Å²) in [6.45, 7) is 16.8. The second-order valence-corrected chi connectivity index (χ2v) is 20.7. The van der Waals surface area contributed by atoms with E-state index in [-0.39, 0.29) is 16.2 Å². The van der Waals surface area contributed by atoms with Crippen molar-refractivity contribution in [3.8, 4) is 64.7 Å². The van der Waals surface area contributed by atoms with Crippen molar-refractivity contribution in [3.05, 3.63) is 178 Å². The number of rotatable bonds is 3. The lowest BCUT2D eigenvalue weighted by molar-refractivity contribution is 0.649. The van der Waals surface area contributed by atoms with Gasteiger partial charge >= 0.3 is 0 Å². The van der Waals surface area contributed by atoms with Crippen molar-refractivity contribution in [2.24, 2.45) is 0 Å². The zero-order valence-corrected chi connectivity index (χ0v) is 35.7. The molecule has 0 aliphatic heterocycles. The Morgan fingerprint density at radius 2 is 0.828 bits per heavy atom. The van der Waals surface area contributed by atoms with Crippen LogP contribution in [-0.4, -0.2) is 0 Å². The van der Waals surface area contributed by atoms with Crippen LogP contribution in [0.5, 0.6) is 0 Å². The van der Waals surface area contributed by atoms with E-state index in [9.17, 15) is 0 Å². The van der Waals surface area contributed by atoms with Gasteiger partial charge in [0.05, 0.1) is 0 Å². The second-order valence-electron chi connectivity index (χ2n) is 18.6. The van der Waals surface area contributed by atoms with Gasteiger partial charge in [0.25, 0.3) is 0 Å². The van der Waals surface area contributed by atoms with Crippen LogP contribution in [0.15, 0.2) is 140 Å². The molecule has 0 spiro atoms. The monoisotopic (exact) mass is 780 g/mol. The molecule has 2 heterocycles. The summed E-state index contributed by atoms with van der Waals surface area (Å²) in [4.78, 5) is 4.02. The molecule has 0 unspecified atom stereocenters. The maximum atomic E-state index is 2.57. The first-order valence-corrected chi connectivity index (χ1v) is 22.3. The van der Waals surface area contributed by atoms with Crippen LogP contribution in [0.2, 0.25) is 0 Å². The van der Waals surface area contributed by atoms with E-state index >= 15 is 0 Å². The highest BCUT2D eigenvalue weighted by molar-refractivity contribution is 7.27. The average molecular weight is 781 g/mol. The molecule has 0 bridgehead atoms. The summed E-state index contributed by atoms with van der Waals surface area (Å²) < 4.78 is 1.35. The SMILES string of the molecule is Cc1ccc(-c2ccc3c(c2)C(C)(C)c2cc4c(cc2-3)C(C)(C)c2cc3c(cc2-4)C(C)(C)c2cc(-c4ccc(-c5cc6ccccc6s5)s4)ccc2-3)c2ccccc12. The zero-order valence-electron chi connectivity index (χ0n) is 34.1. The molecule has 3 aliphatic carbocycles. The summed E-state index contributed by atoms with van der Waals surface area (Å²) in [7, 11) is 0. The molecule has 0 saturated carbocycles. The van der Waals surface area contributed by atoms with Crippen LogP contribution in [0.1, 0.15) is 80.5 Å². The lowest BCUT2D eigenvalue weighted by Gasteiger charge is -2.25. The third-order valence-electron chi connectivity index (χ3n) is 14.3. The smallest absolute Gasteiger partial charge is 0.0455 e. The Balaban J connectivity index is 0.928. The van der Waals surface area contributed by atoms with Crippen LogP contribution in [0.4, 0.5) is 0 Å². The summed E-state index contributed by atoms with van der Waals surface area (Å²) in [6, 6.07) is 53.9. The Bertz CT molecular complexity index is 3230. The molecule has 9 aromatic rings. The highest BCUT2D eigenvalue weighted by atomic mass is 32.1. The molecule has 3 aliphatic rings. The van der Waals surface area contributed by atoms with Gasteiger partial charge in [-0.3, -0.25) is 0 Å². The number of aryl methyl sites for hydroxylation is 1. The maximum Gasteiger partial charge on any atom is 0.0455 e. The van der Waals surface area contributed by atoms with Crippen LogP contribution in [0.25, 0.3) is 85.6 Å². The third kappa shape index (κ3) is 4.56. The third-order valence-corrected chi connectivity index (χ3v) is 16.7. The van der Waals surface area contributed by atoms with Gasteiger partial charge in [-0.15, -0.1) is 22.7 Å². The van der Waals surface area contributed by atoms with E-state index in [1.54, 1.807) is 0 Å². The predicted molar refractivity (Wildman–Crippen MR) is 251 cm³/mol. The number of thiophene rings is 2. The fourth-order valence-electron chi connectivity index (χ4n) is 10.9. The van der Waals surface area contributed by atoms with Crippen molar-refractivity contribution in [2.75, 3.05) is 0 Å². The van der Waals surface area contributed by atoms with E-state index in [1.165, 1.54) is 125 Å². The highest BCUT2D eigenvalue weighted by Gasteiger charge is 2.44. The Hall–Kier alpha value is -5.54. The standard InChI is InChI=1S/C56H44S2/c1-31-16-19-36(37-14-10-9-13-35(31)37)32-17-20-38-40-27-48-42(29-46(40)54(2,3)44(38)24-32)43-30-47-41(28-49(43)56(48,6)7)39-21-18-34(25-45(39)55(47,4)5)51-22-23-52(57-51)53-26-33-12-8-11-15-50(33)58-53/h8-30H,1-7H3. The van der Waals surface area contributed by atoms with Gasteiger partial charge in [0.2, 0.25) is 0 Å². The summed E-state index contributed by atoms with van der Waals surface area (Å²) in [5, 5.41) is 3.98. The van der Waals surface area contributed by atoms with Crippen molar-refractivity contribution in [2.45, 2.75) is 64.7 Å². The Morgan fingerprint density at radius 3 is 1.45 bits per heavy atom. The van der Waals surface area contributed by atoms with E-state index < -0.39 is 0 Å². The maximum absolute atomic E-state index is 2.57. The first-order chi connectivity index (χ1) is 27.9. The van der Waals surface area contributed by atoms with Gasteiger partial charge in [-0.2, -0.15) is 0 Å². The Labute approximate surface area is 349 Å². The summed E-state index contributed by atoms with van der Waals surface area (Å²) in [5.74, 6) is 0. The van der Waals surface area contributed by atoms with Gasteiger partial charge in [0, 0.05) is 35.6 Å². The van der Waals surface area contributed by atoms with Crippen LogP contribution < -0.4 is 0 Å². The molecule has 0 atom stereocenters. The molecule has 0 fully saturated rings. The van der Waals surface area contributed by atoms with E-state index in [0.717, 1.165) is 0 Å². The summed E-state index contributed by atoms with van der Waals surface area (Å²) in [6.07, 6.45) is 0. The van der Waals surface area contributed by atoms with Crippen molar-refractivity contribution in [1.29, 1.82) is 0 Å². The van der Waals surface area contributed by atoms with Crippen LogP contribution in [-0.2, 0) is 16.2 Å². The molecule has 12 rings (SSSR count). The van der Waals surface area contributed by atoms with Crippen LogP contribution in [0, 0.1) is 6.92 Å². The molecule has 280 valence electrons. The number of hydrogen-bond donors (Lipinski definition) is 0. The van der Waals surface area contributed by atoms with Crippen molar-refractivity contribution >= 4 is 43.5 Å². The van der Waals surface area contributed by atoms with E-state index in [2.05, 4.69) is 188 Å². The molecular formula is C56H44S2. The topological polar surface area (TPSA) is 0 Å². The first-order valence-electron chi connectivity index (χ1n) is 20.7. The lowest BCUT2D eigenvalue weighted by Crippen LogP contribution is -2.17. The van der Waals surface area contributed by atoms with Gasteiger partial charge in [0.15, 0.2) is 0 Å². The van der Waals surface area contributed by atoms with E-state index in [4.69, 9.17) is 0 Å². The Morgan fingerprint density at radius 1 is 0.345 bits per heavy atom. The molecule has 0 saturated heterocycles. The first kappa shape index (κ1) is 34.5. The summed E-state index contributed by atoms with van der Waals surface area (Å²) >= 11 is 3.80. The van der Waals surface area contributed by atoms with Crippen LogP contribution in [0.3, 0.4) is 0 Å². The van der Waals surface area contributed by atoms with E-state index in [0.29, 0.717) is 0 Å². The molecule has 2 heteroatoms. The van der Waals surface area contributed by atoms with Gasteiger partial charge in [0.1, 0.15) is 0 Å². The minimum atomic E-state index is -0.121. The van der Waals surface area contributed by atoms with E-state index in [1.807, 2.05) is 22.7 Å². The average Bonchev–Trinajstić information content (AvgIpc) is 4.02. The predicted octanol–water partition coefficient (Wildman–Crippen LogP) is 16.3. The van der Waals surface area contributed by atoms with Gasteiger partial charge in [-0.05, 0) is 173 Å². The number of fused-ring (bicyclic) bond motifs is 11. The fraction of sp³-hybridized carbons (Fsp3) is 0.179. The molecule has 0 N–H and O–H groups in total. The second kappa shape index (κ2) is 11.6. The molecule has 0 amide bonds. The fourth-order valence-corrected chi connectivity index (χ4v) is 13.1. The normalized spacial score (nSPS) is 15.9. The minimum absolute atomic E-state index is 0.114. The van der Waals surface area contributed by atoms with Crippen molar-refractivity contribution in [1.82, 2.24) is 0 Å². The van der Waals surface area contributed by atoms with Gasteiger partial charge < -0.3 is 0 Å². The molecule has 2 aromatic heterocycles. The highest BCUT2D eigenvalue weighted by Crippen LogP contribution is 2.60. The number of hydrogen-bond acceptors (Lipinski definition) is 2. The lowest BCUT2D eigenvalue weighted by atomic mass is 9.78. The van der Waals surface area contributed by atoms with Crippen LogP contribution >= 0.6 is 22.7 Å². The molecule has 0 nitrogen and oxygen atoms in total. The van der Waals surface area contributed by atoms with Gasteiger partial charge in [-0.1, -0.05) is 120 Å². The molecular weight excluding hydrogens is 737 g/mol. The van der Waals surface area contributed by atoms with Crippen molar-refractivity contribution in [3.63, 3.8) is 0 Å². The van der Waals surface area contributed by atoms with Crippen molar-refractivity contribution < 1.29 is 0 Å². The number of benzene rings is 7. The van der Waals surface area contributed by atoms with Gasteiger partial charge in [-0.25, -0.2) is 0 Å². The summed E-state index contributed by atoms with van der Waals surface area (Å²) in [5.41, 5.74) is 21.9. The Kier molecular flexibility index (Phi) is 6.88. The largest absolute Gasteiger partial charge is 0.134 e. The molecule has 0 radical (unpaired) electrons. The zero-order chi connectivity index (χ0) is 39.5. The minimum Gasteiger partial charge on any atom is -0.134 e.